The van der Waals surface area contributed by atoms with Gasteiger partial charge in [-0.05, 0) is 18.1 Å². The van der Waals surface area contributed by atoms with Crippen LogP contribution in [0.5, 0.6) is 0 Å². The summed E-state index contributed by atoms with van der Waals surface area (Å²) in [5.41, 5.74) is 2.42. The molecule has 0 saturated carbocycles. The van der Waals surface area contributed by atoms with E-state index in [9.17, 15) is 0 Å². The average molecular weight is 218 g/mol. The molecule has 1 aromatic carbocycles. The number of H-pyrrole nitrogens is 1. The van der Waals surface area contributed by atoms with Crippen molar-refractivity contribution < 1.29 is 5.11 Å². The third-order valence-electron chi connectivity index (χ3n) is 2.97. The number of rotatable bonds is 5. The molecule has 2 aromatic rings. The second-order valence-corrected chi connectivity index (χ2v) is 4.03. The lowest BCUT2D eigenvalue weighted by atomic mass is 10.1. The minimum Gasteiger partial charge on any atom is -0.395 e. The number of aromatic nitrogens is 1. The molecule has 3 heteroatoms. The fourth-order valence-corrected chi connectivity index (χ4v) is 1.87. The zero-order valence-electron chi connectivity index (χ0n) is 9.53. The molecule has 0 radical (unpaired) electrons. The SMILES string of the molecule is CC[C@@H](CO)NCc1c[nH]c2ccccc12. The van der Waals surface area contributed by atoms with E-state index in [2.05, 4.69) is 29.4 Å². The van der Waals surface area contributed by atoms with Crippen LogP contribution in [0, 0.1) is 0 Å². The molecule has 0 aliphatic rings. The molecule has 0 amide bonds. The fraction of sp³-hybridized carbons (Fsp3) is 0.385. The van der Waals surface area contributed by atoms with Crippen LogP contribution in [0.1, 0.15) is 18.9 Å². The Balaban J connectivity index is 2.09. The Morgan fingerprint density at radius 2 is 2.19 bits per heavy atom. The van der Waals surface area contributed by atoms with Gasteiger partial charge in [0, 0.05) is 29.7 Å². The standard InChI is InChI=1S/C13H18N2O/c1-2-11(9-16)14-7-10-8-15-13-6-4-3-5-12(10)13/h3-6,8,11,14-16H,2,7,9H2,1H3/t11-/m0/s1. The summed E-state index contributed by atoms with van der Waals surface area (Å²) in [6.45, 7) is 3.06. The van der Waals surface area contributed by atoms with Crippen LogP contribution in [0.15, 0.2) is 30.5 Å². The predicted octanol–water partition coefficient (Wildman–Crippen LogP) is 2.03. The van der Waals surface area contributed by atoms with E-state index in [-0.39, 0.29) is 12.6 Å². The van der Waals surface area contributed by atoms with E-state index >= 15 is 0 Å². The predicted molar refractivity (Wildman–Crippen MR) is 66.3 cm³/mol. The summed E-state index contributed by atoms with van der Waals surface area (Å²) in [6.07, 6.45) is 2.97. The zero-order chi connectivity index (χ0) is 11.4. The zero-order valence-corrected chi connectivity index (χ0v) is 9.53. The van der Waals surface area contributed by atoms with Gasteiger partial charge in [-0.25, -0.2) is 0 Å². The van der Waals surface area contributed by atoms with Crippen molar-refractivity contribution in [3.8, 4) is 0 Å². The third-order valence-corrected chi connectivity index (χ3v) is 2.97. The number of nitrogens with one attached hydrogen (secondary N) is 2. The van der Waals surface area contributed by atoms with Crippen LogP contribution >= 0.6 is 0 Å². The third kappa shape index (κ3) is 2.26. The Morgan fingerprint density at radius 3 is 2.94 bits per heavy atom. The van der Waals surface area contributed by atoms with Crippen LogP contribution < -0.4 is 5.32 Å². The Morgan fingerprint density at radius 1 is 1.38 bits per heavy atom. The van der Waals surface area contributed by atoms with Crippen LogP contribution in [0.3, 0.4) is 0 Å². The van der Waals surface area contributed by atoms with Crippen molar-refractivity contribution in [2.24, 2.45) is 0 Å². The largest absolute Gasteiger partial charge is 0.395 e. The van der Waals surface area contributed by atoms with E-state index in [1.165, 1.54) is 10.9 Å². The molecule has 0 unspecified atom stereocenters. The van der Waals surface area contributed by atoms with Gasteiger partial charge in [-0.1, -0.05) is 25.1 Å². The first-order chi connectivity index (χ1) is 7.85. The van der Waals surface area contributed by atoms with E-state index in [4.69, 9.17) is 5.11 Å². The van der Waals surface area contributed by atoms with Crippen LogP contribution in [-0.4, -0.2) is 22.7 Å². The molecule has 0 bridgehead atoms. The van der Waals surface area contributed by atoms with Crippen LogP contribution in [-0.2, 0) is 6.54 Å². The van der Waals surface area contributed by atoms with E-state index in [0.717, 1.165) is 18.5 Å². The summed E-state index contributed by atoms with van der Waals surface area (Å²) in [4.78, 5) is 3.25. The molecule has 2 rings (SSSR count). The lowest BCUT2D eigenvalue weighted by molar-refractivity contribution is 0.238. The molecule has 1 aromatic heterocycles. The van der Waals surface area contributed by atoms with Gasteiger partial charge in [-0.2, -0.15) is 0 Å². The van der Waals surface area contributed by atoms with Crippen molar-refractivity contribution >= 4 is 10.9 Å². The molecule has 3 nitrogen and oxygen atoms in total. The number of hydrogen-bond donors (Lipinski definition) is 3. The molecular formula is C13H18N2O. The van der Waals surface area contributed by atoms with Crippen molar-refractivity contribution in [2.75, 3.05) is 6.61 Å². The number of fused-ring (bicyclic) bond motifs is 1. The Labute approximate surface area is 95.5 Å². The maximum Gasteiger partial charge on any atom is 0.0584 e. The van der Waals surface area contributed by atoms with Gasteiger partial charge >= 0.3 is 0 Å². The molecule has 1 heterocycles. The normalized spacial score (nSPS) is 13.1. The van der Waals surface area contributed by atoms with Gasteiger partial charge < -0.3 is 15.4 Å². The summed E-state index contributed by atoms with van der Waals surface area (Å²) in [6, 6.07) is 8.45. The molecule has 0 fully saturated rings. The molecule has 0 aliphatic carbocycles. The smallest absolute Gasteiger partial charge is 0.0584 e. The second kappa shape index (κ2) is 5.14. The maximum atomic E-state index is 9.10. The van der Waals surface area contributed by atoms with Gasteiger partial charge in [0.05, 0.1) is 6.61 Å². The van der Waals surface area contributed by atoms with Gasteiger partial charge in [0.15, 0.2) is 0 Å². The molecule has 86 valence electrons. The number of para-hydroxylation sites is 1. The average Bonchev–Trinajstić information content (AvgIpc) is 2.74. The van der Waals surface area contributed by atoms with E-state index in [1.54, 1.807) is 0 Å². The monoisotopic (exact) mass is 218 g/mol. The van der Waals surface area contributed by atoms with Crippen LogP contribution in [0.4, 0.5) is 0 Å². The minimum atomic E-state index is 0.189. The van der Waals surface area contributed by atoms with E-state index in [1.807, 2.05) is 18.3 Å². The summed E-state index contributed by atoms with van der Waals surface area (Å²) in [7, 11) is 0. The minimum absolute atomic E-state index is 0.189. The Hall–Kier alpha value is -1.32. The van der Waals surface area contributed by atoms with Gasteiger partial charge in [0.2, 0.25) is 0 Å². The first kappa shape index (κ1) is 11.2. The van der Waals surface area contributed by atoms with Crippen LogP contribution in [0.25, 0.3) is 10.9 Å². The molecular weight excluding hydrogens is 200 g/mol. The van der Waals surface area contributed by atoms with Crippen molar-refractivity contribution in [1.82, 2.24) is 10.3 Å². The molecule has 0 saturated heterocycles. The summed E-state index contributed by atoms with van der Waals surface area (Å²) in [5, 5.41) is 13.7. The maximum absolute atomic E-state index is 9.10. The number of aliphatic hydroxyl groups excluding tert-OH is 1. The number of aromatic amines is 1. The molecule has 0 aliphatic heterocycles. The highest BCUT2D eigenvalue weighted by atomic mass is 16.3. The molecule has 0 spiro atoms. The highest BCUT2D eigenvalue weighted by Crippen LogP contribution is 2.17. The van der Waals surface area contributed by atoms with Gasteiger partial charge in [0.1, 0.15) is 0 Å². The first-order valence-corrected chi connectivity index (χ1v) is 5.74. The topological polar surface area (TPSA) is 48.0 Å². The number of benzene rings is 1. The lowest BCUT2D eigenvalue weighted by Gasteiger charge is -2.13. The number of aliphatic hydroxyl groups is 1. The van der Waals surface area contributed by atoms with E-state index < -0.39 is 0 Å². The van der Waals surface area contributed by atoms with Gasteiger partial charge in [0.25, 0.3) is 0 Å². The van der Waals surface area contributed by atoms with Gasteiger partial charge in [-0.15, -0.1) is 0 Å². The van der Waals surface area contributed by atoms with E-state index in [0.29, 0.717) is 0 Å². The quantitative estimate of drug-likeness (QED) is 0.719. The van der Waals surface area contributed by atoms with Crippen molar-refractivity contribution in [3.63, 3.8) is 0 Å². The first-order valence-electron chi connectivity index (χ1n) is 5.74. The summed E-state index contributed by atoms with van der Waals surface area (Å²) >= 11 is 0. The van der Waals surface area contributed by atoms with Gasteiger partial charge in [-0.3, -0.25) is 0 Å². The Kier molecular flexibility index (Phi) is 3.59. The summed E-state index contributed by atoms with van der Waals surface area (Å²) < 4.78 is 0. The van der Waals surface area contributed by atoms with Crippen molar-refractivity contribution in [3.05, 3.63) is 36.0 Å². The lowest BCUT2D eigenvalue weighted by Crippen LogP contribution is -2.31. The van der Waals surface area contributed by atoms with Crippen molar-refractivity contribution in [2.45, 2.75) is 25.9 Å². The second-order valence-electron chi connectivity index (χ2n) is 4.03. The number of hydrogen-bond acceptors (Lipinski definition) is 2. The highest BCUT2D eigenvalue weighted by Gasteiger charge is 2.06. The highest BCUT2D eigenvalue weighted by molar-refractivity contribution is 5.82. The molecule has 1 atom stereocenters. The summed E-state index contributed by atoms with van der Waals surface area (Å²) in [5.74, 6) is 0. The fourth-order valence-electron chi connectivity index (χ4n) is 1.87. The molecule has 16 heavy (non-hydrogen) atoms. The van der Waals surface area contributed by atoms with Crippen LogP contribution in [0.2, 0.25) is 0 Å². The van der Waals surface area contributed by atoms with Crippen molar-refractivity contribution in [1.29, 1.82) is 0 Å². The Bertz CT molecular complexity index is 446. The molecule has 3 N–H and O–H groups in total.